The zero-order chi connectivity index (χ0) is 21.5. The summed E-state index contributed by atoms with van der Waals surface area (Å²) >= 11 is 24.5. The standard InChI is InChI=1S/C20H19Cl4N3O3/c21-15-2-1-13(7-16(15)22)12-30-20-17(23)8-14(9-18(20)24)10-25-26-19(28)11-27-3-5-29-6-4-27/h1-2,7-10H,3-6,11-12H2,(H,26,28)/b25-10+. The molecule has 1 saturated heterocycles. The van der Waals surface area contributed by atoms with Crippen molar-refractivity contribution in [2.24, 2.45) is 5.10 Å². The van der Waals surface area contributed by atoms with Gasteiger partial charge in [-0.1, -0.05) is 52.5 Å². The normalized spacial score (nSPS) is 14.8. The number of ether oxygens (including phenoxy) is 2. The van der Waals surface area contributed by atoms with Crippen LogP contribution in [0.3, 0.4) is 0 Å². The second kappa shape index (κ2) is 11.2. The van der Waals surface area contributed by atoms with Gasteiger partial charge in [-0.3, -0.25) is 9.69 Å². The summed E-state index contributed by atoms with van der Waals surface area (Å²) in [5.41, 5.74) is 3.94. The summed E-state index contributed by atoms with van der Waals surface area (Å²) in [7, 11) is 0. The molecule has 1 fully saturated rings. The first-order valence-electron chi connectivity index (χ1n) is 9.10. The fraction of sp³-hybridized carbons (Fsp3) is 0.300. The third kappa shape index (κ3) is 6.74. The van der Waals surface area contributed by atoms with Crippen molar-refractivity contribution in [2.45, 2.75) is 6.61 Å². The van der Waals surface area contributed by atoms with Crippen molar-refractivity contribution in [3.05, 3.63) is 61.5 Å². The van der Waals surface area contributed by atoms with Crippen LogP contribution in [0.2, 0.25) is 20.1 Å². The predicted molar refractivity (Wildman–Crippen MR) is 120 cm³/mol. The van der Waals surface area contributed by atoms with Crippen LogP contribution >= 0.6 is 46.4 Å². The Bertz CT molecular complexity index is 911. The van der Waals surface area contributed by atoms with Crippen molar-refractivity contribution >= 4 is 58.5 Å². The molecule has 1 amide bonds. The zero-order valence-electron chi connectivity index (χ0n) is 15.8. The average Bonchev–Trinajstić information content (AvgIpc) is 2.71. The number of hydrogen-bond donors (Lipinski definition) is 1. The van der Waals surface area contributed by atoms with Gasteiger partial charge in [-0.15, -0.1) is 0 Å². The van der Waals surface area contributed by atoms with E-state index in [1.807, 2.05) is 4.90 Å². The molecule has 160 valence electrons. The Balaban J connectivity index is 1.56. The maximum Gasteiger partial charge on any atom is 0.254 e. The van der Waals surface area contributed by atoms with Gasteiger partial charge < -0.3 is 9.47 Å². The summed E-state index contributed by atoms with van der Waals surface area (Å²) in [6, 6.07) is 8.51. The fourth-order valence-electron chi connectivity index (χ4n) is 2.75. The maximum atomic E-state index is 12.0. The SMILES string of the molecule is O=C(CN1CCOCC1)N/N=C/c1cc(Cl)c(OCc2ccc(Cl)c(Cl)c2)c(Cl)c1. The van der Waals surface area contributed by atoms with E-state index < -0.39 is 0 Å². The van der Waals surface area contributed by atoms with Crippen LogP contribution in [0.15, 0.2) is 35.4 Å². The molecule has 30 heavy (non-hydrogen) atoms. The van der Waals surface area contributed by atoms with Crippen LogP contribution in [-0.2, 0) is 16.1 Å². The van der Waals surface area contributed by atoms with Crippen LogP contribution in [0.4, 0.5) is 0 Å². The van der Waals surface area contributed by atoms with Crippen molar-refractivity contribution in [1.29, 1.82) is 0 Å². The van der Waals surface area contributed by atoms with E-state index in [4.69, 9.17) is 55.9 Å². The first-order valence-corrected chi connectivity index (χ1v) is 10.6. The number of amides is 1. The Hall–Kier alpha value is -1.54. The molecule has 1 heterocycles. The highest BCUT2D eigenvalue weighted by molar-refractivity contribution is 6.42. The molecule has 0 aliphatic carbocycles. The van der Waals surface area contributed by atoms with E-state index in [0.717, 1.165) is 18.7 Å². The van der Waals surface area contributed by atoms with Gasteiger partial charge in [0.15, 0.2) is 5.75 Å². The third-order valence-electron chi connectivity index (χ3n) is 4.26. The average molecular weight is 491 g/mol. The van der Waals surface area contributed by atoms with Gasteiger partial charge in [-0.05, 0) is 35.4 Å². The topological polar surface area (TPSA) is 63.2 Å². The van der Waals surface area contributed by atoms with Crippen LogP contribution in [-0.4, -0.2) is 49.9 Å². The van der Waals surface area contributed by atoms with Crippen molar-refractivity contribution in [1.82, 2.24) is 10.3 Å². The Morgan fingerprint density at radius 1 is 1.07 bits per heavy atom. The van der Waals surface area contributed by atoms with Gasteiger partial charge in [-0.25, -0.2) is 5.43 Å². The minimum Gasteiger partial charge on any atom is -0.486 e. The van der Waals surface area contributed by atoms with E-state index in [0.29, 0.717) is 44.6 Å². The molecule has 3 rings (SSSR count). The smallest absolute Gasteiger partial charge is 0.254 e. The Morgan fingerprint density at radius 2 is 1.77 bits per heavy atom. The van der Waals surface area contributed by atoms with Crippen LogP contribution in [0.5, 0.6) is 5.75 Å². The summed E-state index contributed by atoms with van der Waals surface area (Å²) in [6.07, 6.45) is 1.47. The fourth-order valence-corrected chi connectivity index (χ4v) is 3.69. The Morgan fingerprint density at radius 3 is 2.43 bits per heavy atom. The highest BCUT2D eigenvalue weighted by atomic mass is 35.5. The quantitative estimate of drug-likeness (QED) is 0.452. The number of nitrogens with one attached hydrogen (secondary N) is 1. The molecule has 0 radical (unpaired) electrons. The van der Waals surface area contributed by atoms with Gasteiger partial charge in [0.25, 0.3) is 5.91 Å². The minimum absolute atomic E-state index is 0.202. The van der Waals surface area contributed by atoms with Crippen molar-refractivity contribution < 1.29 is 14.3 Å². The molecule has 0 saturated carbocycles. The maximum absolute atomic E-state index is 12.0. The Kier molecular flexibility index (Phi) is 8.62. The third-order valence-corrected chi connectivity index (χ3v) is 5.56. The molecule has 2 aromatic carbocycles. The molecule has 1 aliphatic heterocycles. The first-order chi connectivity index (χ1) is 14.4. The lowest BCUT2D eigenvalue weighted by molar-refractivity contribution is -0.123. The van der Waals surface area contributed by atoms with Gasteiger partial charge in [-0.2, -0.15) is 5.10 Å². The Labute approximate surface area is 194 Å². The molecule has 0 aromatic heterocycles. The summed E-state index contributed by atoms with van der Waals surface area (Å²) in [5, 5.41) is 5.52. The molecule has 1 aliphatic rings. The molecule has 1 N–H and O–H groups in total. The van der Waals surface area contributed by atoms with Crippen molar-refractivity contribution in [3.63, 3.8) is 0 Å². The minimum atomic E-state index is -0.202. The molecular weight excluding hydrogens is 472 g/mol. The van der Waals surface area contributed by atoms with Gasteiger partial charge in [0.05, 0.1) is 46.1 Å². The number of nitrogens with zero attached hydrogens (tertiary/aromatic N) is 2. The lowest BCUT2D eigenvalue weighted by atomic mass is 10.2. The first kappa shape index (κ1) is 23.1. The largest absolute Gasteiger partial charge is 0.486 e. The molecular formula is C20H19Cl4N3O3. The lowest BCUT2D eigenvalue weighted by Crippen LogP contribution is -2.42. The monoisotopic (exact) mass is 489 g/mol. The molecule has 0 unspecified atom stereocenters. The number of hydrogen-bond acceptors (Lipinski definition) is 5. The van der Waals surface area contributed by atoms with E-state index in [2.05, 4.69) is 10.5 Å². The van der Waals surface area contributed by atoms with Crippen LogP contribution in [0, 0.1) is 0 Å². The molecule has 0 atom stereocenters. The summed E-state index contributed by atoms with van der Waals surface area (Å²) in [6.45, 7) is 3.21. The zero-order valence-corrected chi connectivity index (χ0v) is 18.9. The number of carbonyl (C=O) groups excluding carboxylic acids is 1. The molecule has 6 nitrogen and oxygen atoms in total. The van der Waals surface area contributed by atoms with Gasteiger partial charge in [0.2, 0.25) is 0 Å². The summed E-state index contributed by atoms with van der Waals surface area (Å²) in [5.74, 6) is 0.143. The molecule has 0 bridgehead atoms. The molecule has 10 heteroatoms. The van der Waals surface area contributed by atoms with Crippen molar-refractivity contribution in [3.8, 4) is 5.75 Å². The van der Waals surface area contributed by atoms with Gasteiger partial charge in [0, 0.05) is 13.1 Å². The van der Waals surface area contributed by atoms with E-state index in [9.17, 15) is 4.79 Å². The van der Waals surface area contributed by atoms with Crippen LogP contribution in [0.1, 0.15) is 11.1 Å². The van der Waals surface area contributed by atoms with E-state index in [1.54, 1.807) is 30.3 Å². The summed E-state index contributed by atoms with van der Waals surface area (Å²) in [4.78, 5) is 14.0. The van der Waals surface area contributed by atoms with E-state index >= 15 is 0 Å². The predicted octanol–water partition coefficient (Wildman–Crippen LogP) is 4.66. The lowest BCUT2D eigenvalue weighted by Gasteiger charge is -2.25. The number of halogens is 4. The summed E-state index contributed by atoms with van der Waals surface area (Å²) < 4.78 is 11.0. The highest BCUT2D eigenvalue weighted by Crippen LogP contribution is 2.34. The van der Waals surface area contributed by atoms with Crippen LogP contribution in [0.25, 0.3) is 0 Å². The second-order valence-electron chi connectivity index (χ2n) is 6.53. The number of benzene rings is 2. The number of carbonyl (C=O) groups is 1. The number of rotatable bonds is 7. The van der Waals surface area contributed by atoms with Crippen LogP contribution < -0.4 is 10.2 Å². The van der Waals surface area contributed by atoms with Gasteiger partial charge in [0.1, 0.15) is 6.61 Å². The second-order valence-corrected chi connectivity index (χ2v) is 8.16. The number of hydrazone groups is 1. The van der Waals surface area contributed by atoms with E-state index in [-0.39, 0.29) is 19.1 Å². The van der Waals surface area contributed by atoms with E-state index in [1.165, 1.54) is 6.21 Å². The van der Waals surface area contributed by atoms with Gasteiger partial charge >= 0.3 is 0 Å². The molecule has 0 spiro atoms. The number of morpholine rings is 1. The van der Waals surface area contributed by atoms with Crippen molar-refractivity contribution in [2.75, 3.05) is 32.8 Å². The highest BCUT2D eigenvalue weighted by Gasteiger charge is 2.14. The molecule has 2 aromatic rings.